The molecule has 0 fully saturated rings. The SMILES string of the molecule is O=S(=O)(Cc1c(Cl)cccc1Cl)c1ccccc1. The summed E-state index contributed by atoms with van der Waals surface area (Å²) >= 11 is 11.9. The van der Waals surface area contributed by atoms with Crippen molar-refractivity contribution in [1.29, 1.82) is 0 Å². The number of hydrogen-bond donors (Lipinski definition) is 0. The molecule has 2 nitrogen and oxygen atoms in total. The third-order valence-corrected chi connectivity index (χ3v) is 4.87. The first-order chi connectivity index (χ1) is 8.50. The minimum atomic E-state index is -3.43. The lowest BCUT2D eigenvalue weighted by molar-refractivity contribution is 0.595. The van der Waals surface area contributed by atoms with Gasteiger partial charge in [-0.2, -0.15) is 0 Å². The van der Waals surface area contributed by atoms with Gasteiger partial charge in [0.2, 0.25) is 0 Å². The Balaban J connectivity index is 2.41. The van der Waals surface area contributed by atoms with Gasteiger partial charge in [-0.15, -0.1) is 0 Å². The van der Waals surface area contributed by atoms with Crippen molar-refractivity contribution in [3.05, 3.63) is 64.1 Å². The molecular formula is C13H10Cl2O2S. The van der Waals surface area contributed by atoms with Gasteiger partial charge in [0.05, 0.1) is 10.6 Å². The Hall–Kier alpha value is -1.03. The predicted molar refractivity (Wildman–Crippen MR) is 73.8 cm³/mol. The van der Waals surface area contributed by atoms with Crippen LogP contribution < -0.4 is 0 Å². The van der Waals surface area contributed by atoms with E-state index in [-0.39, 0.29) is 10.6 Å². The van der Waals surface area contributed by atoms with Gasteiger partial charge < -0.3 is 0 Å². The third kappa shape index (κ3) is 2.86. The van der Waals surface area contributed by atoms with Crippen LogP contribution in [0.4, 0.5) is 0 Å². The average Bonchev–Trinajstić information content (AvgIpc) is 2.35. The maximum atomic E-state index is 12.2. The molecule has 0 atom stereocenters. The van der Waals surface area contributed by atoms with Crippen LogP contribution in [0.3, 0.4) is 0 Å². The Kier molecular flexibility index (Phi) is 3.95. The maximum absolute atomic E-state index is 12.2. The van der Waals surface area contributed by atoms with E-state index in [1.54, 1.807) is 48.5 Å². The first kappa shape index (κ1) is 13.4. The second-order valence-electron chi connectivity index (χ2n) is 3.77. The second-order valence-corrected chi connectivity index (χ2v) is 6.58. The van der Waals surface area contributed by atoms with Crippen molar-refractivity contribution in [2.45, 2.75) is 10.6 Å². The molecule has 0 N–H and O–H groups in total. The molecule has 0 saturated heterocycles. The van der Waals surface area contributed by atoms with Gasteiger partial charge in [0.15, 0.2) is 9.84 Å². The molecular weight excluding hydrogens is 291 g/mol. The summed E-state index contributed by atoms with van der Waals surface area (Å²) in [5.74, 6) is -0.199. The average molecular weight is 301 g/mol. The maximum Gasteiger partial charge on any atom is 0.182 e. The molecule has 0 unspecified atom stereocenters. The lowest BCUT2D eigenvalue weighted by Crippen LogP contribution is -2.05. The van der Waals surface area contributed by atoms with E-state index in [4.69, 9.17) is 23.2 Å². The van der Waals surface area contributed by atoms with Gasteiger partial charge in [-0.3, -0.25) is 0 Å². The second kappa shape index (κ2) is 5.31. The predicted octanol–water partition coefficient (Wildman–Crippen LogP) is 3.97. The van der Waals surface area contributed by atoms with E-state index < -0.39 is 9.84 Å². The van der Waals surface area contributed by atoms with E-state index in [9.17, 15) is 8.42 Å². The van der Waals surface area contributed by atoms with Crippen LogP contribution in [0.1, 0.15) is 5.56 Å². The van der Waals surface area contributed by atoms with Gasteiger partial charge in [0, 0.05) is 15.6 Å². The summed E-state index contributed by atoms with van der Waals surface area (Å²) in [5.41, 5.74) is 0.435. The zero-order chi connectivity index (χ0) is 13.2. The molecule has 5 heteroatoms. The first-order valence-electron chi connectivity index (χ1n) is 5.21. The molecule has 0 aliphatic heterocycles. The van der Waals surface area contributed by atoms with E-state index in [1.165, 1.54) is 0 Å². The van der Waals surface area contributed by atoms with E-state index in [2.05, 4.69) is 0 Å². The van der Waals surface area contributed by atoms with Crippen LogP contribution in [0.2, 0.25) is 10.0 Å². The molecule has 0 radical (unpaired) electrons. The first-order valence-corrected chi connectivity index (χ1v) is 7.62. The summed E-state index contributed by atoms with van der Waals surface area (Å²) in [5, 5.41) is 0.726. The number of rotatable bonds is 3. The van der Waals surface area contributed by atoms with Gasteiger partial charge in [0.1, 0.15) is 0 Å². The summed E-state index contributed by atoms with van der Waals surface area (Å²) < 4.78 is 24.4. The zero-order valence-corrected chi connectivity index (χ0v) is 11.6. The van der Waals surface area contributed by atoms with Gasteiger partial charge in [0.25, 0.3) is 0 Å². The van der Waals surface area contributed by atoms with Crippen LogP contribution in [-0.4, -0.2) is 8.42 Å². The van der Waals surface area contributed by atoms with Crippen molar-refractivity contribution < 1.29 is 8.42 Å². The molecule has 2 aromatic rings. The number of sulfone groups is 1. The van der Waals surface area contributed by atoms with Crippen LogP contribution >= 0.6 is 23.2 Å². The van der Waals surface area contributed by atoms with Gasteiger partial charge in [-0.25, -0.2) is 8.42 Å². The summed E-state index contributed by atoms with van der Waals surface area (Å²) in [7, 11) is -3.43. The molecule has 2 rings (SSSR count). The molecule has 94 valence electrons. The normalized spacial score (nSPS) is 11.4. The Morgan fingerprint density at radius 2 is 1.39 bits per heavy atom. The molecule has 0 saturated carbocycles. The summed E-state index contributed by atoms with van der Waals surface area (Å²) in [4.78, 5) is 0.265. The number of hydrogen-bond acceptors (Lipinski definition) is 2. The molecule has 2 aromatic carbocycles. The van der Waals surface area contributed by atoms with Crippen LogP contribution in [0.25, 0.3) is 0 Å². The summed E-state index contributed by atoms with van der Waals surface area (Å²) in [6, 6.07) is 13.2. The van der Waals surface area contributed by atoms with E-state index >= 15 is 0 Å². The zero-order valence-electron chi connectivity index (χ0n) is 9.31. The van der Waals surface area contributed by atoms with Crippen LogP contribution in [0.15, 0.2) is 53.4 Å². The highest BCUT2D eigenvalue weighted by Gasteiger charge is 2.18. The van der Waals surface area contributed by atoms with Crippen molar-refractivity contribution in [2.75, 3.05) is 0 Å². The van der Waals surface area contributed by atoms with Gasteiger partial charge in [-0.1, -0.05) is 47.5 Å². The number of halogens is 2. The minimum Gasteiger partial charge on any atom is -0.223 e. The van der Waals surface area contributed by atoms with Crippen LogP contribution in [-0.2, 0) is 15.6 Å². The monoisotopic (exact) mass is 300 g/mol. The van der Waals surface area contributed by atoms with Crippen molar-refractivity contribution in [2.24, 2.45) is 0 Å². The highest BCUT2D eigenvalue weighted by Crippen LogP contribution is 2.28. The Morgan fingerprint density at radius 1 is 0.833 bits per heavy atom. The van der Waals surface area contributed by atoms with E-state index in [0.29, 0.717) is 15.6 Å². The third-order valence-electron chi connectivity index (χ3n) is 2.50. The summed E-state index contributed by atoms with van der Waals surface area (Å²) in [6.45, 7) is 0. The Bertz CT molecular complexity index is 632. The van der Waals surface area contributed by atoms with Crippen molar-refractivity contribution >= 4 is 33.0 Å². The van der Waals surface area contributed by atoms with E-state index in [1.807, 2.05) is 0 Å². The van der Waals surface area contributed by atoms with E-state index in [0.717, 1.165) is 0 Å². The Morgan fingerprint density at radius 3 is 1.94 bits per heavy atom. The highest BCUT2D eigenvalue weighted by molar-refractivity contribution is 7.90. The Labute approximate surface area is 116 Å². The molecule has 0 bridgehead atoms. The van der Waals surface area contributed by atoms with Gasteiger partial charge >= 0.3 is 0 Å². The van der Waals surface area contributed by atoms with Crippen molar-refractivity contribution in [3.8, 4) is 0 Å². The van der Waals surface area contributed by atoms with Crippen LogP contribution in [0, 0.1) is 0 Å². The fourth-order valence-electron chi connectivity index (χ4n) is 1.57. The highest BCUT2D eigenvalue weighted by atomic mass is 35.5. The van der Waals surface area contributed by atoms with Crippen LogP contribution in [0.5, 0.6) is 0 Å². The van der Waals surface area contributed by atoms with Crippen molar-refractivity contribution in [3.63, 3.8) is 0 Å². The molecule has 0 aromatic heterocycles. The molecule has 0 spiro atoms. The quantitative estimate of drug-likeness (QED) is 0.859. The topological polar surface area (TPSA) is 34.1 Å². The fraction of sp³-hybridized carbons (Fsp3) is 0.0769. The fourth-order valence-corrected chi connectivity index (χ4v) is 3.69. The minimum absolute atomic E-state index is 0.199. The molecule has 0 aliphatic rings. The lowest BCUT2D eigenvalue weighted by atomic mass is 10.2. The standard InChI is InChI=1S/C13H10Cl2O2S/c14-12-7-4-8-13(15)11(12)9-18(16,17)10-5-2-1-3-6-10/h1-8H,9H2. The summed E-state index contributed by atoms with van der Waals surface area (Å²) in [6.07, 6.45) is 0. The van der Waals surface area contributed by atoms with Crippen molar-refractivity contribution in [1.82, 2.24) is 0 Å². The lowest BCUT2D eigenvalue weighted by Gasteiger charge is -2.08. The molecule has 0 aliphatic carbocycles. The molecule has 0 amide bonds. The van der Waals surface area contributed by atoms with Gasteiger partial charge in [-0.05, 0) is 24.3 Å². The number of benzene rings is 2. The largest absolute Gasteiger partial charge is 0.223 e. The molecule has 0 heterocycles. The molecule has 18 heavy (non-hydrogen) atoms. The smallest absolute Gasteiger partial charge is 0.182 e.